The maximum atomic E-state index is 13.1. The van der Waals surface area contributed by atoms with Crippen LogP contribution in [0.15, 0.2) is 61.3 Å². The summed E-state index contributed by atoms with van der Waals surface area (Å²) in [7, 11) is 0. The molecule has 1 saturated heterocycles. The van der Waals surface area contributed by atoms with Gasteiger partial charge in [0.15, 0.2) is 5.82 Å². The Balaban J connectivity index is 1.17. The van der Waals surface area contributed by atoms with Gasteiger partial charge >= 0.3 is 0 Å². The predicted octanol–water partition coefficient (Wildman–Crippen LogP) is 5.15. The van der Waals surface area contributed by atoms with E-state index in [2.05, 4.69) is 45.8 Å². The van der Waals surface area contributed by atoms with Crippen molar-refractivity contribution in [1.82, 2.24) is 24.9 Å². The minimum atomic E-state index is 0.0284. The second-order valence-electron chi connectivity index (χ2n) is 9.83. The number of anilines is 6. The summed E-state index contributed by atoms with van der Waals surface area (Å²) in [5, 5.41) is 10.1. The molecule has 11 heteroatoms. The molecule has 0 saturated carbocycles. The zero-order chi connectivity index (χ0) is 26.6. The summed E-state index contributed by atoms with van der Waals surface area (Å²) in [6, 6.07) is 9.75. The Kier molecular flexibility index (Phi) is 7.18. The Labute approximate surface area is 231 Å². The highest BCUT2D eigenvalue weighted by Gasteiger charge is 2.23. The second-order valence-corrected chi connectivity index (χ2v) is 10.2. The van der Waals surface area contributed by atoms with Crippen molar-refractivity contribution in [3.8, 4) is 0 Å². The third-order valence-corrected chi connectivity index (χ3v) is 7.32. The van der Waals surface area contributed by atoms with Gasteiger partial charge in [0, 0.05) is 49.5 Å². The molecule has 3 aromatic heterocycles. The molecular formula is C28H28ClN9O. The number of aryl methyl sites for hydroxylation is 2. The number of benzene rings is 1. The number of nitrogens with zero attached hydrogens (tertiary/aromatic N) is 6. The van der Waals surface area contributed by atoms with Crippen molar-refractivity contribution in [1.29, 1.82) is 0 Å². The van der Waals surface area contributed by atoms with Gasteiger partial charge in [-0.2, -0.15) is 4.98 Å². The number of halogens is 1. The number of fused-ring (bicyclic) bond motifs is 6. The van der Waals surface area contributed by atoms with Gasteiger partial charge in [0.05, 0.1) is 18.1 Å². The predicted molar refractivity (Wildman–Crippen MR) is 152 cm³/mol. The number of rotatable bonds is 4. The molecule has 198 valence electrons. The van der Waals surface area contributed by atoms with Gasteiger partial charge < -0.3 is 20.9 Å². The zero-order valence-corrected chi connectivity index (χ0v) is 22.0. The van der Waals surface area contributed by atoms with Crippen LogP contribution in [-0.2, 0) is 17.6 Å². The van der Waals surface area contributed by atoms with E-state index in [1.807, 2.05) is 36.5 Å². The fourth-order valence-corrected chi connectivity index (χ4v) is 5.15. The monoisotopic (exact) mass is 541 g/mol. The summed E-state index contributed by atoms with van der Waals surface area (Å²) in [5.74, 6) is 2.02. The van der Waals surface area contributed by atoms with Crippen molar-refractivity contribution in [3.63, 3.8) is 0 Å². The summed E-state index contributed by atoms with van der Waals surface area (Å²) in [5.41, 5.74) is 4.53. The summed E-state index contributed by atoms with van der Waals surface area (Å²) in [6.07, 6.45) is 12.5. The number of hydrogen-bond acceptors (Lipinski definition) is 9. The number of carbonyl (C=O) groups excluding carboxylic acids is 1. The van der Waals surface area contributed by atoms with E-state index in [0.29, 0.717) is 29.1 Å². The van der Waals surface area contributed by atoms with Crippen molar-refractivity contribution in [2.24, 2.45) is 5.92 Å². The van der Waals surface area contributed by atoms with E-state index in [0.717, 1.165) is 72.9 Å². The SMILES string of the molecule is O=C(CC1CCN(c2ncccn2)CC1)Nc1ccc2cc1CCc1cncc(c1)Nc1ncc(Cl)c(n1)N2. The second kappa shape index (κ2) is 11.2. The van der Waals surface area contributed by atoms with Crippen LogP contribution in [0.4, 0.5) is 34.8 Å². The fraction of sp³-hybridized carbons (Fsp3) is 0.286. The van der Waals surface area contributed by atoms with E-state index in [-0.39, 0.29) is 5.91 Å². The highest BCUT2D eigenvalue weighted by molar-refractivity contribution is 6.32. The molecule has 6 rings (SSSR count). The van der Waals surface area contributed by atoms with Crippen LogP contribution in [0.2, 0.25) is 5.02 Å². The van der Waals surface area contributed by atoms with Crippen LogP contribution in [-0.4, -0.2) is 43.9 Å². The number of nitrogens with one attached hydrogen (secondary N) is 3. The molecule has 1 fully saturated rings. The van der Waals surface area contributed by atoms with Crippen molar-refractivity contribution >= 4 is 52.3 Å². The van der Waals surface area contributed by atoms with Crippen molar-refractivity contribution in [2.75, 3.05) is 33.9 Å². The minimum Gasteiger partial charge on any atom is -0.341 e. The first-order valence-electron chi connectivity index (χ1n) is 13.0. The normalized spacial score (nSPS) is 15.2. The molecule has 4 aromatic rings. The highest BCUT2D eigenvalue weighted by Crippen LogP contribution is 2.30. The van der Waals surface area contributed by atoms with Gasteiger partial charge in [-0.05, 0) is 73.1 Å². The average molecular weight is 542 g/mol. The summed E-state index contributed by atoms with van der Waals surface area (Å²) in [6.45, 7) is 1.70. The number of pyridine rings is 1. The molecule has 0 radical (unpaired) electrons. The summed E-state index contributed by atoms with van der Waals surface area (Å²) < 4.78 is 0. The topological polar surface area (TPSA) is 121 Å². The fourth-order valence-electron chi connectivity index (χ4n) is 5.01. The number of hydrogen-bond donors (Lipinski definition) is 3. The molecule has 2 aliphatic heterocycles. The van der Waals surface area contributed by atoms with Crippen LogP contribution in [0.3, 0.4) is 0 Å². The molecule has 10 nitrogen and oxygen atoms in total. The lowest BCUT2D eigenvalue weighted by molar-refractivity contribution is -0.117. The largest absolute Gasteiger partial charge is 0.341 e. The molecule has 1 amide bonds. The quantitative estimate of drug-likeness (QED) is 0.322. The van der Waals surface area contributed by atoms with Crippen LogP contribution < -0.4 is 20.9 Å². The van der Waals surface area contributed by atoms with Gasteiger partial charge in [-0.25, -0.2) is 15.0 Å². The molecule has 2 aliphatic rings. The van der Waals surface area contributed by atoms with Crippen LogP contribution in [0.5, 0.6) is 0 Å². The van der Waals surface area contributed by atoms with Gasteiger partial charge in [-0.15, -0.1) is 0 Å². The Hall–Kier alpha value is -4.31. The lowest BCUT2D eigenvalue weighted by Gasteiger charge is -2.31. The molecule has 3 N–H and O–H groups in total. The van der Waals surface area contributed by atoms with E-state index < -0.39 is 0 Å². The van der Waals surface area contributed by atoms with E-state index in [1.54, 1.807) is 24.8 Å². The Morgan fingerprint density at radius 1 is 1.00 bits per heavy atom. The lowest BCUT2D eigenvalue weighted by atomic mass is 9.93. The maximum Gasteiger partial charge on any atom is 0.229 e. The van der Waals surface area contributed by atoms with Crippen molar-refractivity contribution in [3.05, 3.63) is 77.5 Å². The van der Waals surface area contributed by atoms with Gasteiger partial charge in [-0.1, -0.05) is 11.6 Å². The number of aromatic nitrogens is 5. The van der Waals surface area contributed by atoms with E-state index in [9.17, 15) is 4.79 Å². The van der Waals surface area contributed by atoms with E-state index >= 15 is 0 Å². The highest BCUT2D eigenvalue weighted by atomic mass is 35.5. The van der Waals surface area contributed by atoms with E-state index in [4.69, 9.17) is 11.6 Å². The maximum absolute atomic E-state index is 13.1. The van der Waals surface area contributed by atoms with Crippen molar-refractivity contribution in [2.45, 2.75) is 32.1 Å². The first-order chi connectivity index (χ1) is 19.1. The Morgan fingerprint density at radius 3 is 2.69 bits per heavy atom. The summed E-state index contributed by atoms with van der Waals surface area (Å²) in [4.78, 5) is 37.2. The molecule has 39 heavy (non-hydrogen) atoms. The van der Waals surface area contributed by atoms with Gasteiger partial charge in [-0.3, -0.25) is 9.78 Å². The number of piperidine rings is 1. The first kappa shape index (κ1) is 25.0. The molecule has 0 aliphatic carbocycles. The van der Waals surface area contributed by atoms with E-state index in [1.165, 1.54) is 0 Å². The lowest BCUT2D eigenvalue weighted by Crippen LogP contribution is -2.36. The summed E-state index contributed by atoms with van der Waals surface area (Å²) >= 11 is 6.38. The average Bonchev–Trinajstić information content (AvgIpc) is 2.96. The number of carbonyl (C=O) groups is 1. The Bertz CT molecular complexity index is 1480. The van der Waals surface area contributed by atoms with Gasteiger partial charge in [0.1, 0.15) is 5.02 Å². The van der Waals surface area contributed by atoms with Crippen LogP contribution in [0.25, 0.3) is 0 Å². The molecule has 5 heterocycles. The van der Waals surface area contributed by atoms with Crippen molar-refractivity contribution < 1.29 is 4.79 Å². The molecule has 0 atom stereocenters. The third-order valence-electron chi connectivity index (χ3n) is 7.04. The standard InChI is InChI=1S/C28H28ClN9O/c29-23-17-33-27-35-22-12-19(15-30-16-22)2-3-20-14-21(34-26(23)37-27)4-5-24(20)36-25(39)13-18-6-10-38(11-7-18)28-31-8-1-9-32-28/h1,4-5,8-9,12,14-18H,2-3,6-7,10-11,13H2,(H,36,39)(H2,33,34,35,37). The Morgan fingerprint density at radius 2 is 1.85 bits per heavy atom. The third kappa shape index (κ3) is 6.06. The molecule has 0 unspecified atom stereocenters. The van der Waals surface area contributed by atoms with Crippen LogP contribution in [0, 0.1) is 5.92 Å². The smallest absolute Gasteiger partial charge is 0.229 e. The molecule has 0 spiro atoms. The van der Waals surface area contributed by atoms with Gasteiger partial charge in [0.2, 0.25) is 17.8 Å². The molecule has 6 bridgehead atoms. The number of amides is 1. The van der Waals surface area contributed by atoms with Crippen LogP contribution in [0.1, 0.15) is 30.4 Å². The minimum absolute atomic E-state index is 0.0284. The van der Waals surface area contributed by atoms with Crippen LogP contribution >= 0.6 is 11.6 Å². The molecule has 1 aromatic carbocycles. The zero-order valence-electron chi connectivity index (χ0n) is 21.3. The first-order valence-corrected chi connectivity index (χ1v) is 13.4. The molecular weight excluding hydrogens is 514 g/mol. The van der Waals surface area contributed by atoms with Gasteiger partial charge in [0.25, 0.3) is 0 Å².